The van der Waals surface area contributed by atoms with Crippen LogP contribution < -0.4 is 43.7 Å². The van der Waals surface area contributed by atoms with Gasteiger partial charge in [0.2, 0.25) is 0 Å². The van der Waals surface area contributed by atoms with Crippen LogP contribution in [0, 0.1) is 174 Å². The van der Waals surface area contributed by atoms with Crippen molar-refractivity contribution in [3.63, 3.8) is 0 Å². The monoisotopic (exact) mass is 1270 g/mol. The van der Waals surface area contributed by atoms with Crippen molar-refractivity contribution < 1.29 is 0 Å². The molecule has 0 fully saturated rings. The van der Waals surface area contributed by atoms with E-state index in [1.165, 1.54) is 84.9 Å². The van der Waals surface area contributed by atoms with Gasteiger partial charge in [0, 0.05) is 72.7 Å². The number of hydrogen-bond donors (Lipinski definition) is 0. The van der Waals surface area contributed by atoms with Crippen molar-refractivity contribution in [1.82, 2.24) is 0 Å². The zero-order chi connectivity index (χ0) is 71.3. The molecule has 0 aromatic heterocycles. The highest BCUT2D eigenvalue weighted by molar-refractivity contribution is 6.97. The van der Waals surface area contributed by atoms with Gasteiger partial charge in [-0.15, -0.1) is 0 Å². The van der Waals surface area contributed by atoms with E-state index in [0.29, 0.717) is 22.2 Å². The van der Waals surface area contributed by atoms with Gasteiger partial charge in [-0.2, -0.15) is 36.8 Å². The van der Waals surface area contributed by atoms with Crippen LogP contribution in [-0.2, 0) is 0 Å². The van der Waals surface area contributed by atoms with E-state index in [2.05, 4.69) is 96.6 Å². The average molecular weight is 1270 g/mol. The zero-order valence-corrected chi connectivity index (χ0v) is 51.5. The van der Waals surface area contributed by atoms with Crippen LogP contribution in [0.4, 0.5) is 45.5 Å². The summed E-state index contributed by atoms with van der Waals surface area (Å²) in [5.41, 5.74) is 1.24. The fourth-order valence-corrected chi connectivity index (χ4v) is 15.4. The molecule has 0 N–H and O–H groups in total. The third kappa shape index (κ3) is 8.25. The SMILES string of the molecule is [C-]#[N+]B1c2c([N+]#[C-])cc([N+]#[C-])cc2-c2cc(C#N)c(-c3cc(-c4c([N+]#[C-])cc5c(c4C#N)B(C#N)c4c(C)cc(C#N)cc4-5)cc4c(-c5c([N+]#[C-])cc6c(c5[N+]#[C-])B([N+]#[C-])c5c([N+]#[C-])cc(C#N)cc5-6)cc(-c5c(C#N)cc6c(c5C#N)B(C#N)c5c(C#N)cc([N+]#[C-])cc5-6)c-4c3)c([N+]#[C-])c21. The quantitative estimate of drug-likeness (QED) is 0.120. The van der Waals surface area contributed by atoms with Gasteiger partial charge in [0.25, 0.3) is 0 Å². The van der Waals surface area contributed by atoms with Crippen LogP contribution in [0.15, 0.2) is 97.1 Å². The number of aryl methyl sites for hydroxylation is 1. The Hall–Kier alpha value is -17.0. The van der Waals surface area contributed by atoms with Crippen LogP contribution in [0.3, 0.4) is 0 Å². The number of nitriles is 9. The average Bonchev–Trinajstić information content (AvgIpc) is 1.60. The summed E-state index contributed by atoms with van der Waals surface area (Å²) in [5.74, 6) is 4.59. The standard InChI is InChI=1S/C78H19B4N19/c1-37-12-38(28-83)13-51-57-26-61(94-4)67(60(34-89)72(57)79(35-90)69(37)51)41-16-40(65-42(30-85)20-54-56-23-46(93-3)24-64(97-7)74(56)82(101-11)75(54)77(65)98-8)18-47-48(19-41)50(68-62(95-5)27-58-52-14-39(29-84)15-63(96-6)73(52)81(100-10)76(58)78(68)99-9)25-49(47)66-43(31-86)21-53-55-22-45(92-2)17-44(32-87)70(55)80(36-91)71(53)59(66)33-88/h12-27H,1H3. The van der Waals surface area contributed by atoms with Crippen molar-refractivity contribution in [2.45, 2.75) is 6.92 Å². The largest absolute Gasteiger partial charge is 0.621 e. The lowest BCUT2D eigenvalue weighted by Crippen LogP contribution is -2.40. The Labute approximate surface area is 577 Å². The molecule has 2 aliphatic carbocycles. The van der Waals surface area contributed by atoms with Crippen LogP contribution in [-0.4, -0.2) is 27.1 Å². The number of hydrogen-bond acceptors (Lipinski definition) is 9. The minimum absolute atomic E-state index is 0.00544. The highest BCUT2D eigenvalue weighted by Crippen LogP contribution is 2.56. The first-order valence-electron chi connectivity index (χ1n) is 29.7. The molecule has 101 heavy (non-hydrogen) atoms. The van der Waals surface area contributed by atoms with Gasteiger partial charge in [-0.25, -0.2) is 49.3 Å². The van der Waals surface area contributed by atoms with Crippen molar-refractivity contribution in [2.75, 3.05) is 0 Å². The van der Waals surface area contributed by atoms with Gasteiger partial charge in [-0.1, -0.05) is 23.8 Å². The van der Waals surface area contributed by atoms with Gasteiger partial charge >= 0.3 is 27.1 Å². The summed E-state index contributed by atoms with van der Waals surface area (Å²) in [4.78, 5) is 30.8. The first-order chi connectivity index (χ1) is 49.2. The van der Waals surface area contributed by atoms with Crippen molar-refractivity contribution in [3.8, 4) is 155 Å². The van der Waals surface area contributed by atoms with Gasteiger partial charge in [0.15, 0.2) is 45.5 Å². The number of nitrogens with zero attached hydrogens (tertiary/aromatic N) is 19. The molecule has 0 amide bonds. The summed E-state index contributed by atoms with van der Waals surface area (Å²) in [6.07, 6.45) is 0. The number of fused-ring (bicyclic) bond motifs is 13. The van der Waals surface area contributed by atoms with E-state index in [-0.39, 0.29) is 212 Å². The maximum atomic E-state index is 11.9. The zero-order valence-electron chi connectivity index (χ0n) is 51.5. The lowest BCUT2D eigenvalue weighted by Gasteiger charge is -2.15. The van der Waals surface area contributed by atoms with Crippen molar-refractivity contribution in [2.24, 2.45) is 0 Å². The Balaban J connectivity index is 1.21. The van der Waals surface area contributed by atoms with Crippen LogP contribution in [0.5, 0.6) is 0 Å². The molecule has 0 unspecified atom stereocenters. The van der Waals surface area contributed by atoms with Gasteiger partial charge in [0.1, 0.15) is 0 Å². The molecule has 438 valence electrons. The Bertz CT molecular complexity index is 6720. The molecule has 0 atom stereocenters. The van der Waals surface area contributed by atoms with Crippen LogP contribution >= 0.6 is 0 Å². The molecule has 0 saturated heterocycles. The van der Waals surface area contributed by atoms with E-state index >= 15 is 0 Å². The third-order valence-corrected chi connectivity index (χ3v) is 19.1. The predicted molar refractivity (Wildman–Crippen MR) is 379 cm³/mol. The Kier molecular flexibility index (Phi) is 14.0. The first kappa shape index (κ1) is 61.5. The highest BCUT2D eigenvalue weighted by atomic mass is 14.8. The van der Waals surface area contributed by atoms with Gasteiger partial charge in [-0.05, 0) is 191 Å². The van der Waals surface area contributed by atoms with Crippen molar-refractivity contribution >= 4 is 116 Å². The maximum Gasteiger partial charge on any atom is 0.621 e. The summed E-state index contributed by atoms with van der Waals surface area (Å²) < 4.78 is 7.95. The Morgan fingerprint density at radius 1 is 0.287 bits per heavy atom. The maximum absolute atomic E-state index is 11.9. The van der Waals surface area contributed by atoms with Crippen molar-refractivity contribution in [3.05, 3.63) is 256 Å². The molecule has 19 nitrogen and oxygen atoms in total. The molecule has 14 rings (SSSR count). The fraction of sp³-hybridized carbons (Fsp3) is 0.0128. The molecule has 4 aliphatic heterocycles. The van der Waals surface area contributed by atoms with E-state index in [9.17, 15) is 47.4 Å². The van der Waals surface area contributed by atoms with Gasteiger partial charge in [-0.3, -0.25) is 13.1 Å². The van der Waals surface area contributed by atoms with E-state index < -0.39 is 27.1 Å². The fourth-order valence-electron chi connectivity index (χ4n) is 15.4. The predicted octanol–water partition coefficient (Wildman–Crippen LogP) is 12.6. The second-order valence-electron chi connectivity index (χ2n) is 23.5. The minimum Gasteiger partial charge on any atom is -0.413 e. The first-order valence-corrected chi connectivity index (χ1v) is 29.7. The van der Waals surface area contributed by atoms with E-state index in [4.69, 9.17) is 65.7 Å². The van der Waals surface area contributed by atoms with Crippen molar-refractivity contribution in [1.29, 1.82) is 47.4 Å². The summed E-state index contributed by atoms with van der Waals surface area (Å²) in [6.45, 7) is 82.4. The molecule has 6 aliphatic rings. The van der Waals surface area contributed by atoms with Crippen LogP contribution in [0.2, 0.25) is 0 Å². The summed E-state index contributed by atoms with van der Waals surface area (Å²) in [7, 11) is 0. The third-order valence-electron chi connectivity index (χ3n) is 19.1. The molecule has 4 heterocycles. The minimum atomic E-state index is -1.38. The number of benzene rings is 8. The van der Waals surface area contributed by atoms with E-state index in [0.717, 1.165) is 0 Å². The topological polar surface area (TPSA) is 258 Å². The summed E-state index contributed by atoms with van der Waals surface area (Å²) in [5, 5.41) is 100. The molecule has 0 spiro atoms. The molecule has 8 aromatic rings. The highest BCUT2D eigenvalue weighted by Gasteiger charge is 2.50. The molecule has 0 bridgehead atoms. The van der Waals surface area contributed by atoms with Gasteiger partial charge < -0.3 is 9.51 Å². The van der Waals surface area contributed by atoms with E-state index in [1.54, 1.807) is 19.1 Å². The summed E-state index contributed by atoms with van der Waals surface area (Å²) >= 11 is 0. The number of rotatable bonds is 4. The molecule has 0 saturated carbocycles. The molecular formula is C78H19B4N19. The molecule has 0 radical (unpaired) electrons. The van der Waals surface area contributed by atoms with Gasteiger partial charge in [0.05, 0.1) is 112 Å². The lowest BCUT2D eigenvalue weighted by atomic mass is 9.42. The normalized spacial score (nSPS) is 11.1. The van der Waals surface area contributed by atoms with E-state index in [1.807, 2.05) is 6.07 Å². The lowest BCUT2D eigenvalue weighted by molar-refractivity contribution is 1.44. The molecule has 8 aromatic carbocycles. The Morgan fingerprint density at radius 3 is 1.23 bits per heavy atom. The molecular weight excluding hydrogens is 1250 g/mol. The second-order valence-corrected chi connectivity index (χ2v) is 23.5. The second kappa shape index (κ2) is 22.9. The molecule has 23 heteroatoms. The smallest absolute Gasteiger partial charge is 0.413 e. The van der Waals surface area contributed by atoms with Crippen LogP contribution in [0.25, 0.3) is 148 Å². The summed E-state index contributed by atoms with van der Waals surface area (Å²) in [6, 6.07) is 38.5. The van der Waals surface area contributed by atoms with Crippen LogP contribution in [0.1, 0.15) is 44.5 Å². The Morgan fingerprint density at radius 2 is 0.713 bits per heavy atom.